The van der Waals surface area contributed by atoms with Gasteiger partial charge < -0.3 is 10.2 Å². The molecule has 0 amide bonds. The van der Waals surface area contributed by atoms with Crippen molar-refractivity contribution in [3.63, 3.8) is 0 Å². The SMILES string of the molecule is OCC1CCC=CCCC1CO. The average molecular weight is 170 g/mol. The molecule has 0 spiro atoms. The van der Waals surface area contributed by atoms with Gasteiger partial charge in [-0.1, -0.05) is 12.2 Å². The molecule has 0 aromatic rings. The molecule has 0 saturated heterocycles. The van der Waals surface area contributed by atoms with Gasteiger partial charge >= 0.3 is 0 Å². The van der Waals surface area contributed by atoms with Crippen molar-refractivity contribution in [1.82, 2.24) is 0 Å². The summed E-state index contributed by atoms with van der Waals surface area (Å²) >= 11 is 0. The molecule has 2 nitrogen and oxygen atoms in total. The topological polar surface area (TPSA) is 40.5 Å². The lowest BCUT2D eigenvalue weighted by Crippen LogP contribution is -2.22. The number of hydrogen-bond donors (Lipinski definition) is 2. The van der Waals surface area contributed by atoms with E-state index in [9.17, 15) is 0 Å². The van der Waals surface area contributed by atoms with Gasteiger partial charge in [-0.3, -0.25) is 0 Å². The van der Waals surface area contributed by atoms with Crippen molar-refractivity contribution in [2.75, 3.05) is 13.2 Å². The fraction of sp³-hybridized carbons (Fsp3) is 0.800. The van der Waals surface area contributed by atoms with Gasteiger partial charge in [0.2, 0.25) is 0 Å². The van der Waals surface area contributed by atoms with Crippen LogP contribution in [0.5, 0.6) is 0 Å². The molecule has 0 radical (unpaired) electrons. The van der Waals surface area contributed by atoms with Crippen LogP contribution in [0.25, 0.3) is 0 Å². The largest absolute Gasteiger partial charge is 0.396 e. The Labute approximate surface area is 73.9 Å². The molecule has 1 aliphatic rings. The normalized spacial score (nSPS) is 31.2. The van der Waals surface area contributed by atoms with Crippen molar-refractivity contribution in [3.8, 4) is 0 Å². The molecule has 2 atom stereocenters. The molecule has 0 aliphatic heterocycles. The zero-order valence-electron chi connectivity index (χ0n) is 7.45. The summed E-state index contributed by atoms with van der Waals surface area (Å²) in [5.41, 5.74) is 0. The van der Waals surface area contributed by atoms with Crippen molar-refractivity contribution in [3.05, 3.63) is 12.2 Å². The Kier molecular flexibility index (Phi) is 4.33. The number of rotatable bonds is 2. The smallest absolute Gasteiger partial charge is 0.0462 e. The first-order chi connectivity index (χ1) is 5.88. The van der Waals surface area contributed by atoms with Gasteiger partial charge in [-0.2, -0.15) is 0 Å². The fourth-order valence-electron chi connectivity index (χ4n) is 1.81. The molecule has 0 saturated carbocycles. The Bertz CT molecular complexity index is 127. The zero-order chi connectivity index (χ0) is 8.81. The van der Waals surface area contributed by atoms with Gasteiger partial charge in [0, 0.05) is 13.2 Å². The maximum absolute atomic E-state index is 9.07. The maximum Gasteiger partial charge on any atom is 0.0462 e. The molecule has 12 heavy (non-hydrogen) atoms. The third-order valence-corrected chi connectivity index (χ3v) is 2.71. The molecule has 0 aromatic heterocycles. The molecule has 0 bridgehead atoms. The molecule has 70 valence electrons. The highest BCUT2D eigenvalue weighted by Gasteiger charge is 2.19. The lowest BCUT2D eigenvalue weighted by atomic mass is 9.84. The van der Waals surface area contributed by atoms with Gasteiger partial charge in [-0.05, 0) is 37.5 Å². The van der Waals surface area contributed by atoms with Crippen LogP contribution in [0.4, 0.5) is 0 Å². The van der Waals surface area contributed by atoms with Crippen LogP contribution in [0.2, 0.25) is 0 Å². The zero-order valence-corrected chi connectivity index (χ0v) is 7.45. The highest BCUT2D eigenvalue weighted by atomic mass is 16.3. The summed E-state index contributed by atoms with van der Waals surface area (Å²) < 4.78 is 0. The van der Waals surface area contributed by atoms with E-state index in [1.807, 2.05) is 0 Å². The number of aliphatic hydroxyl groups excluding tert-OH is 2. The van der Waals surface area contributed by atoms with Crippen molar-refractivity contribution in [1.29, 1.82) is 0 Å². The van der Waals surface area contributed by atoms with E-state index in [4.69, 9.17) is 10.2 Å². The molecule has 2 N–H and O–H groups in total. The van der Waals surface area contributed by atoms with Crippen molar-refractivity contribution in [2.24, 2.45) is 11.8 Å². The minimum Gasteiger partial charge on any atom is -0.396 e. The lowest BCUT2D eigenvalue weighted by Gasteiger charge is -2.24. The minimum atomic E-state index is 0.221. The number of allylic oxidation sites excluding steroid dienone is 2. The molecule has 1 rings (SSSR count). The van der Waals surface area contributed by atoms with Crippen LogP contribution in [-0.4, -0.2) is 23.4 Å². The predicted molar refractivity (Wildman–Crippen MR) is 48.8 cm³/mol. The molecular formula is C10H18O2. The van der Waals surface area contributed by atoms with Crippen LogP contribution in [0.1, 0.15) is 25.7 Å². The molecular weight excluding hydrogens is 152 g/mol. The Morgan fingerprint density at radius 3 is 1.67 bits per heavy atom. The van der Waals surface area contributed by atoms with Gasteiger partial charge in [0.1, 0.15) is 0 Å². The quantitative estimate of drug-likeness (QED) is 0.614. The van der Waals surface area contributed by atoms with Gasteiger partial charge in [-0.25, -0.2) is 0 Å². The Hall–Kier alpha value is -0.340. The van der Waals surface area contributed by atoms with Gasteiger partial charge in [0.05, 0.1) is 0 Å². The highest BCUT2D eigenvalue weighted by molar-refractivity contribution is 4.87. The first-order valence-electron chi connectivity index (χ1n) is 4.75. The summed E-state index contributed by atoms with van der Waals surface area (Å²) in [7, 11) is 0. The van der Waals surface area contributed by atoms with Crippen LogP contribution < -0.4 is 0 Å². The third kappa shape index (κ3) is 2.61. The van der Waals surface area contributed by atoms with Crippen LogP contribution in [0.15, 0.2) is 12.2 Å². The second kappa shape index (κ2) is 5.33. The van der Waals surface area contributed by atoms with E-state index in [1.54, 1.807) is 0 Å². The van der Waals surface area contributed by atoms with E-state index in [0.717, 1.165) is 25.7 Å². The van der Waals surface area contributed by atoms with E-state index in [2.05, 4.69) is 12.2 Å². The minimum absolute atomic E-state index is 0.221. The Balaban J connectivity index is 2.48. The summed E-state index contributed by atoms with van der Waals surface area (Å²) in [4.78, 5) is 0. The van der Waals surface area contributed by atoms with E-state index in [-0.39, 0.29) is 13.2 Å². The summed E-state index contributed by atoms with van der Waals surface area (Å²) in [6.45, 7) is 0.443. The van der Waals surface area contributed by atoms with Gasteiger partial charge in [-0.15, -0.1) is 0 Å². The van der Waals surface area contributed by atoms with E-state index in [1.165, 1.54) is 0 Å². The van der Waals surface area contributed by atoms with Crippen molar-refractivity contribution < 1.29 is 10.2 Å². The molecule has 0 heterocycles. The summed E-state index contributed by atoms with van der Waals surface area (Å²) in [5.74, 6) is 0.611. The Morgan fingerprint density at radius 1 is 0.917 bits per heavy atom. The summed E-state index contributed by atoms with van der Waals surface area (Å²) in [6, 6.07) is 0. The number of hydrogen-bond acceptors (Lipinski definition) is 2. The van der Waals surface area contributed by atoms with E-state index < -0.39 is 0 Å². The first kappa shape index (κ1) is 9.75. The van der Waals surface area contributed by atoms with Crippen LogP contribution in [-0.2, 0) is 0 Å². The van der Waals surface area contributed by atoms with Crippen LogP contribution >= 0.6 is 0 Å². The van der Waals surface area contributed by atoms with E-state index in [0.29, 0.717) is 11.8 Å². The van der Waals surface area contributed by atoms with Crippen molar-refractivity contribution in [2.45, 2.75) is 25.7 Å². The molecule has 1 aliphatic carbocycles. The second-order valence-corrected chi connectivity index (χ2v) is 3.51. The average Bonchev–Trinajstić information content (AvgIpc) is 2.05. The van der Waals surface area contributed by atoms with Crippen LogP contribution in [0.3, 0.4) is 0 Å². The molecule has 0 aromatic carbocycles. The van der Waals surface area contributed by atoms with Gasteiger partial charge in [0.25, 0.3) is 0 Å². The third-order valence-electron chi connectivity index (χ3n) is 2.71. The standard InChI is InChI=1S/C10H18O2/c11-7-9-5-3-1-2-4-6-10(9)8-12/h1-2,9-12H,3-8H2. The fourth-order valence-corrected chi connectivity index (χ4v) is 1.81. The van der Waals surface area contributed by atoms with Crippen LogP contribution in [0, 0.1) is 11.8 Å². The molecule has 2 heteroatoms. The maximum atomic E-state index is 9.07. The molecule has 0 fully saturated rings. The highest BCUT2D eigenvalue weighted by Crippen LogP contribution is 2.24. The second-order valence-electron chi connectivity index (χ2n) is 3.51. The van der Waals surface area contributed by atoms with Crippen molar-refractivity contribution >= 4 is 0 Å². The number of aliphatic hydroxyl groups is 2. The first-order valence-corrected chi connectivity index (χ1v) is 4.75. The summed E-state index contributed by atoms with van der Waals surface area (Å²) in [6.07, 6.45) is 8.46. The van der Waals surface area contributed by atoms with Gasteiger partial charge in [0.15, 0.2) is 0 Å². The monoisotopic (exact) mass is 170 g/mol. The van der Waals surface area contributed by atoms with E-state index >= 15 is 0 Å². The lowest BCUT2D eigenvalue weighted by molar-refractivity contribution is 0.108. The molecule has 2 unspecified atom stereocenters. The summed E-state index contributed by atoms with van der Waals surface area (Å²) in [5, 5.41) is 18.1. The predicted octanol–water partition coefficient (Wildman–Crippen LogP) is 1.33. The Morgan fingerprint density at radius 2 is 1.33 bits per heavy atom.